The van der Waals surface area contributed by atoms with E-state index >= 15 is 0 Å². The van der Waals surface area contributed by atoms with Crippen LogP contribution in [0.15, 0.2) is 0 Å². The number of rotatable bonds is 4. The average Bonchev–Trinajstić information content (AvgIpc) is 2.43. The Morgan fingerprint density at radius 3 is 2.58 bits per heavy atom. The first-order valence-corrected chi connectivity index (χ1v) is 7.34. The maximum atomic E-state index is 12.8. The van der Waals surface area contributed by atoms with E-state index in [4.69, 9.17) is 0 Å². The third-order valence-corrected chi connectivity index (χ3v) is 4.37. The molecule has 1 unspecified atom stereocenters. The number of nitrogens with zero attached hydrogens (tertiary/aromatic N) is 1. The number of piperazine rings is 1. The zero-order valence-corrected chi connectivity index (χ0v) is 11.6. The molecule has 0 aromatic carbocycles. The lowest BCUT2D eigenvalue weighted by Gasteiger charge is -2.49. The van der Waals surface area contributed by atoms with E-state index in [1.165, 1.54) is 4.90 Å². The van der Waals surface area contributed by atoms with Crippen LogP contribution in [0, 0.1) is 0 Å². The summed E-state index contributed by atoms with van der Waals surface area (Å²) in [7, 11) is 0. The van der Waals surface area contributed by atoms with Gasteiger partial charge in [-0.1, -0.05) is 32.6 Å². The van der Waals surface area contributed by atoms with Gasteiger partial charge in [-0.25, -0.2) is 4.39 Å². The molecule has 2 rings (SSSR count). The van der Waals surface area contributed by atoms with Gasteiger partial charge in [0.1, 0.15) is 18.3 Å². The summed E-state index contributed by atoms with van der Waals surface area (Å²) in [6.45, 7) is 1.44. The first kappa shape index (κ1) is 14.3. The maximum absolute atomic E-state index is 12.8. The first-order chi connectivity index (χ1) is 9.15. The van der Waals surface area contributed by atoms with Gasteiger partial charge in [0.25, 0.3) is 0 Å². The van der Waals surface area contributed by atoms with Gasteiger partial charge in [0, 0.05) is 0 Å². The summed E-state index contributed by atoms with van der Waals surface area (Å²) in [5.74, 6) is -0.167. The van der Waals surface area contributed by atoms with E-state index in [9.17, 15) is 14.0 Å². The van der Waals surface area contributed by atoms with Crippen molar-refractivity contribution in [3.63, 3.8) is 0 Å². The van der Waals surface area contributed by atoms with Crippen molar-refractivity contribution in [2.75, 3.05) is 13.2 Å². The molecule has 1 saturated heterocycles. The van der Waals surface area contributed by atoms with Crippen molar-refractivity contribution in [1.82, 2.24) is 10.2 Å². The molecule has 2 fully saturated rings. The number of carbonyl (C=O) groups is 2. The topological polar surface area (TPSA) is 49.4 Å². The van der Waals surface area contributed by atoms with Crippen LogP contribution in [0.5, 0.6) is 0 Å². The van der Waals surface area contributed by atoms with Crippen LogP contribution in [0.4, 0.5) is 4.39 Å². The van der Waals surface area contributed by atoms with Gasteiger partial charge in [0.15, 0.2) is 0 Å². The minimum Gasteiger partial charge on any atom is -0.342 e. The summed E-state index contributed by atoms with van der Waals surface area (Å²) in [5.41, 5.74) is -0.772. The van der Waals surface area contributed by atoms with E-state index in [1.54, 1.807) is 0 Å². The molecule has 1 saturated carbocycles. The Kier molecular flexibility index (Phi) is 4.42. The van der Waals surface area contributed by atoms with Gasteiger partial charge in [-0.05, 0) is 19.3 Å². The lowest BCUT2D eigenvalue weighted by Crippen LogP contribution is -2.71. The fourth-order valence-electron chi connectivity index (χ4n) is 3.40. The minimum absolute atomic E-state index is 0.0481. The van der Waals surface area contributed by atoms with E-state index in [0.717, 1.165) is 25.7 Å². The van der Waals surface area contributed by atoms with Crippen LogP contribution in [0.1, 0.15) is 51.9 Å². The molecule has 108 valence electrons. The fraction of sp³-hybridized carbons (Fsp3) is 0.857. The number of carbonyl (C=O) groups excluding carboxylic acids is 2. The lowest BCUT2D eigenvalue weighted by molar-refractivity contribution is -0.160. The predicted octanol–water partition coefficient (Wildman–Crippen LogP) is 1.79. The number of alkyl halides is 1. The molecular formula is C14H23FN2O2. The molecule has 1 atom stereocenters. The summed E-state index contributed by atoms with van der Waals surface area (Å²) in [6, 6.07) is -0.461. The van der Waals surface area contributed by atoms with Crippen LogP contribution < -0.4 is 5.32 Å². The third kappa shape index (κ3) is 2.47. The molecule has 2 amide bonds. The van der Waals surface area contributed by atoms with E-state index in [-0.39, 0.29) is 18.4 Å². The molecule has 5 heteroatoms. The fourth-order valence-corrected chi connectivity index (χ4v) is 3.40. The molecular weight excluding hydrogens is 247 g/mol. The second-order valence-electron chi connectivity index (χ2n) is 5.59. The minimum atomic E-state index is -0.772. The van der Waals surface area contributed by atoms with E-state index in [0.29, 0.717) is 19.3 Å². The number of amides is 2. The van der Waals surface area contributed by atoms with Gasteiger partial charge in [-0.2, -0.15) is 0 Å². The van der Waals surface area contributed by atoms with Crippen LogP contribution in [0.25, 0.3) is 0 Å². The highest BCUT2D eigenvalue weighted by molar-refractivity contribution is 5.99. The van der Waals surface area contributed by atoms with E-state index in [1.807, 2.05) is 6.92 Å². The summed E-state index contributed by atoms with van der Waals surface area (Å²) in [4.78, 5) is 26.5. The molecule has 1 aliphatic carbocycles. The van der Waals surface area contributed by atoms with Gasteiger partial charge in [-0.3, -0.25) is 9.59 Å². The molecule has 0 radical (unpaired) electrons. The van der Waals surface area contributed by atoms with Crippen LogP contribution in [-0.4, -0.2) is 41.5 Å². The van der Waals surface area contributed by atoms with Gasteiger partial charge >= 0.3 is 0 Å². The summed E-state index contributed by atoms with van der Waals surface area (Å²) in [6.07, 6.45) is 5.75. The average molecular weight is 270 g/mol. The molecule has 4 nitrogen and oxygen atoms in total. The second-order valence-corrected chi connectivity index (χ2v) is 5.59. The summed E-state index contributed by atoms with van der Waals surface area (Å²) < 4.78 is 12.8. The number of hydrogen-bond acceptors (Lipinski definition) is 2. The van der Waals surface area contributed by atoms with Gasteiger partial charge in [0.2, 0.25) is 11.8 Å². The van der Waals surface area contributed by atoms with Crippen molar-refractivity contribution in [3.05, 3.63) is 0 Å². The van der Waals surface area contributed by atoms with Crippen LogP contribution in [0.2, 0.25) is 0 Å². The van der Waals surface area contributed by atoms with Crippen LogP contribution >= 0.6 is 0 Å². The zero-order valence-electron chi connectivity index (χ0n) is 11.6. The summed E-state index contributed by atoms with van der Waals surface area (Å²) in [5, 5.41) is 2.86. The molecule has 0 aromatic rings. The third-order valence-electron chi connectivity index (χ3n) is 4.37. The lowest BCUT2D eigenvalue weighted by atomic mass is 9.77. The normalized spacial score (nSPS) is 26.6. The van der Waals surface area contributed by atoms with E-state index < -0.39 is 18.3 Å². The van der Waals surface area contributed by atoms with Crippen molar-refractivity contribution in [3.8, 4) is 0 Å². The van der Waals surface area contributed by atoms with Crippen LogP contribution in [0.3, 0.4) is 0 Å². The maximum Gasteiger partial charge on any atom is 0.246 e. The summed E-state index contributed by atoms with van der Waals surface area (Å²) >= 11 is 0. The van der Waals surface area contributed by atoms with Gasteiger partial charge in [-0.15, -0.1) is 0 Å². The van der Waals surface area contributed by atoms with Gasteiger partial charge < -0.3 is 10.2 Å². The van der Waals surface area contributed by atoms with Crippen molar-refractivity contribution < 1.29 is 14.0 Å². The van der Waals surface area contributed by atoms with Crippen LogP contribution in [-0.2, 0) is 9.59 Å². The standard InChI is InChI=1S/C14H23FN2O2/c1-2-6-11-12(18)17(10-9-15)14(13(19)16-11)7-4-3-5-8-14/h11H,2-10H2,1H3,(H,16,19). The largest absolute Gasteiger partial charge is 0.342 e. The molecule has 1 aliphatic heterocycles. The Balaban J connectivity index is 2.26. The molecule has 1 spiro atoms. The highest BCUT2D eigenvalue weighted by Gasteiger charge is 2.52. The Hall–Kier alpha value is -1.13. The Morgan fingerprint density at radius 1 is 1.32 bits per heavy atom. The second kappa shape index (κ2) is 5.88. The first-order valence-electron chi connectivity index (χ1n) is 7.34. The van der Waals surface area contributed by atoms with Crippen molar-refractivity contribution in [2.45, 2.75) is 63.5 Å². The number of hydrogen-bond donors (Lipinski definition) is 1. The Labute approximate surface area is 113 Å². The molecule has 0 bridgehead atoms. The quantitative estimate of drug-likeness (QED) is 0.846. The highest BCUT2D eigenvalue weighted by Crippen LogP contribution is 2.36. The van der Waals surface area contributed by atoms with E-state index in [2.05, 4.69) is 5.32 Å². The van der Waals surface area contributed by atoms with Crippen molar-refractivity contribution >= 4 is 11.8 Å². The molecule has 0 aromatic heterocycles. The number of nitrogens with one attached hydrogen (secondary N) is 1. The highest BCUT2D eigenvalue weighted by atomic mass is 19.1. The Morgan fingerprint density at radius 2 is 2.00 bits per heavy atom. The van der Waals surface area contributed by atoms with Crippen molar-refractivity contribution in [2.24, 2.45) is 0 Å². The molecule has 1 N–H and O–H groups in total. The van der Waals surface area contributed by atoms with Crippen molar-refractivity contribution in [1.29, 1.82) is 0 Å². The predicted molar refractivity (Wildman–Crippen MR) is 70.3 cm³/mol. The zero-order chi connectivity index (χ0) is 13.9. The molecule has 1 heterocycles. The van der Waals surface area contributed by atoms with Gasteiger partial charge in [0.05, 0.1) is 6.54 Å². The SMILES string of the molecule is CCCC1NC(=O)C2(CCCCC2)N(CCF)C1=O. The number of halogens is 1. The molecule has 19 heavy (non-hydrogen) atoms. The molecule has 2 aliphatic rings. The Bertz CT molecular complexity index is 353. The smallest absolute Gasteiger partial charge is 0.246 e. The monoisotopic (exact) mass is 270 g/mol.